The minimum atomic E-state index is -0.849. The molecule has 0 fully saturated rings. The molecule has 0 bridgehead atoms. The molecule has 0 spiro atoms. The number of hydrogen-bond donors (Lipinski definition) is 3. The smallest absolute Gasteiger partial charge is 0.272 e. The quantitative estimate of drug-likeness (QED) is 0.434. The second-order valence-corrected chi connectivity index (χ2v) is 5.55. The summed E-state index contributed by atoms with van der Waals surface area (Å²) < 4.78 is 5.51. The van der Waals surface area contributed by atoms with Gasteiger partial charge >= 0.3 is 0 Å². The number of H-pyrrole nitrogens is 1. The Morgan fingerprint density at radius 3 is 2.58 bits per heavy atom. The van der Waals surface area contributed by atoms with E-state index >= 15 is 0 Å². The number of non-ortho nitro benzene ring substituents is 1. The number of aliphatic hydroxyl groups is 1. The Morgan fingerprint density at radius 2 is 1.88 bits per heavy atom. The first kappa shape index (κ1) is 17.4. The summed E-state index contributed by atoms with van der Waals surface area (Å²) in [7, 11) is 0. The average molecular weight is 356 g/mol. The van der Waals surface area contributed by atoms with E-state index < -0.39 is 11.0 Å². The zero-order valence-electron chi connectivity index (χ0n) is 13.6. The predicted molar refractivity (Wildman–Crippen MR) is 95.5 cm³/mol. The molecule has 3 aromatic rings. The summed E-state index contributed by atoms with van der Waals surface area (Å²) in [6.45, 7) is 0.141. The molecule has 26 heavy (non-hydrogen) atoms. The Labute approximate surface area is 147 Å². The Morgan fingerprint density at radius 1 is 1.19 bits per heavy atom. The molecular weight excluding hydrogens is 340 g/mol. The first-order valence-electron chi connectivity index (χ1n) is 7.81. The second-order valence-electron chi connectivity index (χ2n) is 5.55. The molecule has 0 radical (unpaired) electrons. The number of nitrogens with zero attached hydrogens (tertiary/aromatic N) is 2. The van der Waals surface area contributed by atoms with Crippen LogP contribution in [-0.2, 0) is 0 Å². The van der Waals surface area contributed by atoms with Crippen LogP contribution in [0, 0.1) is 10.1 Å². The van der Waals surface area contributed by atoms with E-state index in [2.05, 4.69) is 15.5 Å². The maximum absolute atomic E-state index is 11.7. The number of aliphatic hydroxyl groups excluding tert-OH is 1. The molecule has 1 atom stereocenters. The van der Waals surface area contributed by atoms with E-state index in [0.29, 0.717) is 16.5 Å². The minimum Gasteiger partial charge on any atom is -0.473 e. The Kier molecular flexibility index (Phi) is 5.09. The maximum Gasteiger partial charge on any atom is 0.272 e. The number of aromatic nitrogens is 2. The van der Waals surface area contributed by atoms with Crippen LogP contribution >= 0.6 is 0 Å². The molecule has 1 heterocycles. The number of nitrogens with one attached hydrogen (secondary N) is 2. The molecular formula is C17H16N4O5. The minimum absolute atomic E-state index is 0.00421. The van der Waals surface area contributed by atoms with E-state index in [1.807, 2.05) is 0 Å². The van der Waals surface area contributed by atoms with Gasteiger partial charge in [-0.25, -0.2) is 5.10 Å². The number of fused-ring (bicyclic) bond motifs is 1. The van der Waals surface area contributed by atoms with Gasteiger partial charge in [0.05, 0.1) is 15.7 Å². The van der Waals surface area contributed by atoms with Crippen LogP contribution < -0.4 is 15.6 Å². The van der Waals surface area contributed by atoms with E-state index in [9.17, 15) is 20.0 Å². The fourth-order valence-corrected chi connectivity index (χ4v) is 2.37. The van der Waals surface area contributed by atoms with Crippen LogP contribution in [0.5, 0.6) is 5.88 Å². The molecule has 3 N–H and O–H groups in total. The highest BCUT2D eigenvalue weighted by Crippen LogP contribution is 2.19. The van der Waals surface area contributed by atoms with Crippen molar-refractivity contribution in [1.29, 1.82) is 0 Å². The standard InChI is InChI=1S/C17H16N4O5/c22-13(9-18-11-5-7-12(8-6-11)21(24)25)10-26-17-15-4-2-1-3-14(15)16(23)19-20-17/h1-8,13,18,22H,9-10H2,(H,19,23). The van der Waals surface area contributed by atoms with Gasteiger partial charge in [0.2, 0.25) is 5.88 Å². The van der Waals surface area contributed by atoms with Gasteiger partial charge in [-0.15, -0.1) is 5.10 Å². The zero-order valence-corrected chi connectivity index (χ0v) is 13.6. The molecule has 0 amide bonds. The average Bonchev–Trinajstić information content (AvgIpc) is 2.66. The lowest BCUT2D eigenvalue weighted by molar-refractivity contribution is -0.384. The molecule has 134 valence electrons. The molecule has 0 aliphatic carbocycles. The summed E-state index contributed by atoms with van der Waals surface area (Å²) in [6, 6.07) is 12.8. The topological polar surface area (TPSA) is 130 Å². The lowest BCUT2D eigenvalue weighted by Gasteiger charge is -2.14. The highest BCUT2D eigenvalue weighted by Gasteiger charge is 2.11. The third-order valence-electron chi connectivity index (χ3n) is 3.69. The summed E-state index contributed by atoms with van der Waals surface area (Å²) in [6.07, 6.45) is -0.849. The number of anilines is 1. The van der Waals surface area contributed by atoms with E-state index in [-0.39, 0.29) is 30.3 Å². The van der Waals surface area contributed by atoms with Crippen molar-refractivity contribution in [3.05, 3.63) is 69.0 Å². The predicted octanol–water partition coefficient (Wildman–Crippen LogP) is 1.68. The third kappa shape index (κ3) is 3.95. The first-order chi connectivity index (χ1) is 12.5. The van der Waals surface area contributed by atoms with Crippen molar-refractivity contribution < 1.29 is 14.8 Å². The third-order valence-corrected chi connectivity index (χ3v) is 3.69. The summed E-state index contributed by atoms with van der Waals surface area (Å²) >= 11 is 0. The van der Waals surface area contributed by atoms with Gasteiger partial charge in [0.1, 0.15) is 12.7 Å². The molecule has 0 saturated carbocycles. The molecule has 0 saturated heterocycles. The van der Waals surface area contributed by atoms with Crippen LogP contribution in [0.15, 0.2) is 53.3 Å². The zero-order chi connectivity index (χ0) is 18.5. The van der Waals surface area contributed by atoms with Gasteiger partial charge < -0.3 is 15.2 Å². The van der Waals surface area contributed by atoms with Gasteiger partial charge in [-0.05, 0) is 24.3 Å². The van der Waals surface area contributed by atoms with Gasteiger partial charge in [-0.1, -0.05) is 12.1 Å². The van der Waals surface area contributed by atoms with Crippen LogP contribution in [0.4, 0.5) is 11.4 Å². The van der Waals surface area contributed by atoms with E-state index in [4.69, 9.17) is 4.74 Å². The Balaban J connectivity index is 1.58. The van der Waals surface area contributed by atoms with Crippen molar-refractivity contribution in [2.45, 2.75) is 6.10 Å². The van der Waals surface area contributed by atoms with Gasteiger partial charge in [0.25, 0.3) is 11.2 Å². The van der Waals surface area contributed by atoms with Crippen LogP contribution in [0.1, 0.15) is 0 Å². The number of nitro groups is 1. The number of nitro benzene ring substituents is 1. The molecule has 0 aliphatic rings. The second kappa shape index (κ2) is 7.62. The number of rotatable bonds is 7. The molecule has 3 rings (SSSR count). The Hall–Kier alpha value is -3.46. The van der Waals surface area contributed by atoms with Crippen LogP contribution in [0.3, 0.4) is 0 Å². The van der Waals surface area contributed by atoms with Crippen molar-refractivity contribution in [3.63, 3.8) is 0 Å². The normalized spacial score (nSPS) is 11.9. The molecule has 2 aromatic carbocycles. The summed E-state index contributed by atoms with van der Waals surface area (Å²) in [4.78, 5) is 21.9. The van der Waals surface area contributed by atoms with Gasteiger partial charge in [0, 0.05) is 24.4 Å². The van der Waals surface area contributed by atoms with Gasteiger partial charge in [-0.2, -0.15) is 0 Å². The van der Waals surface area contributed by atoms with Crippen LogP contribution in [0.25, 0.3) is 10.8 Å². The SMILES string of the molecule is O=c1[nH]nc(OCC(O)CNc2ccc([N+](=O)[O-])cc2)c2ccccc12. The molecule has 1 unspecified atom stereocenters. The highest BCUT2D eigenvalue weighted by molar-refractivity contribution is 5.85. The highest BCUT2D eigenvalue weighted by atomic mass is 16.6. The molecule has 9 nitrogen and oxygen atoms in total. The fourth-order valence-electron chi connectivity index (χ4n) is 2.37. The number of hydrogen-bond acceptors (Lipinski definition) is 7. The molecule has 9 heteroatoms. The van der Waals surface area contributed by atoms with Gasteiger partial charge in [-0.3, -0.25) is 14.9 Å². The number of ether oxygens (including phenoxy) is 1. The van der Waals surface area contributed by atoms with E-state index in [1.54, 1.807) is 36.4 Å². The summed E-state index contributed by atoms with van der Waals surface area (Å²) in [5, 5.41) is 30.9. The summed E-state index contributed by atoms with van der Waals surface area (Å²) in [5.41, 5.74) is 0.325. The maximum atomic E-state index is 11.7. The lowest BCUT2D eigenvalue weighted by atomic mass is 10.2. The van der Waals surface area contributed by atoms with Crippen LogP contribution in [0.2, 0.25) is 0 Å². The monoisotopic (exact) mass is 356 g/mol. The van der Waals surface area contributed by atoms with Crippen molar-refractivity contribution in [2.24, 2.45) is 0 Å². The molecule has 1 aromatic heterocycles. The van der Waals surface area contributed by atoms with E-state index in [1.165, 1.54) is 12.1 Å². The van der Waals surface area contributed by atoms with Crippen molar-refractivity contribution in [2.75, 3.05) is 18.5 Å². The summed E-state index contributed by atoms with van der Waals surface area (Å²) in [5.74, 6) is 0.231. The van der Waals surface area contributed by atoms with Crippen molar-refractivity contribution >= 4 is 22.1 Å². The van der Waals surface area contributed by atoms with Crippen LogP contribution in [-0.4, -0.2) is 39.5 Å². The van der Waals surface area contributed by atoms with Crippen molar-refractivity contribution in [1.82, 2.24) is 10.2 Å². The van der Waals surface area contributed by atoms with E-state index in [0.717, 1.165) is 0 Å². The molecule has 0 aliphatic heterocycles. The van der Waals surface area contributed by atoms with Crippen molar-refractivity contribution in [3.8, 4) is 5.88 Å². The number of benzene rings is 2. The first-order valence-corrected chi connectivity index (χ1v) is 7.81. The largest absolute Gasteiger partial charge is 0.473 e. The lowest BCUT2D eigenvalue weighted by Crippen LogP contribution is -2.27. The number of aromatic amines is 1. The fraction of sp³-hybridized carbons (Fsp3) is 0.176. The van der Waals surface area contributed by atoms with Gasteiger partial charge in [0.15, 0.2) is 0 Å². The Bertz CT molecular complexity index is 971.